The monoisotopic (exact) mass is 417 g/mol. The summed E-state index contributed by atoms with van der Waals surface area (Å²) in [5.41, 5.74) is 6.47. The SMILES string of the molecule is CC(C)(C)OC(=O)N[C@H](Cc1c[nH]c2ccccc12)c1nnc(SCC(N)=O)o1. The third-order valence-electron chi connectivity index (χ3n) is 3.85. The van der Waals surface area contributed by atoms with E-state index in [2.05, 4.69) is 20.5 Å². The predicted molar refractivity (Wildman–Crippen MR) is 108 cm³/mol. The molecule has 3 aromatic rings. The summed E-state index contributed by atoms with van der Waals surface area (Å²) in [6.07, 6.45) is 1.70. The normalized spacial score (nSPS) is 12.7. The number of carbonyl (C=O) groups is 2. The van der Waals surface area contributed by atoms with Crippen molar-refractivity contribution in [3.63, 3.8) is 0 Å². The maximum Gasteiger partial charge on any atom is 0.408 e. The highest BCUT2D eigenvalue weighted by Crippen LogP contribution is 2.26. The van der Waals surface area contributed by atoms with Gasteiger partial charge in [-0.15, -0.1) is 10.2 Å². The van der Waals surface area contributed by atoms with E-state index in [0.717, 1.165) is 28.2 Å². The fourth-order valence-electron chi connectivity index (χ4n) is 2.72. The molecule has 1 atom stereocenters. The van der Waals surface area contributed by atoms with Crippen LogP contribution < -0.4 is 11.1 Å². The number of aromatic amines is 1. The topological polar surface area (TPSA) is 136 Å². The summed E-state index contributed by atoms with van der Waals surface area (Å²) in [6, 6.07) is 7.24. The summed E-state index contributed by atoms with van der Waals surface area (Å²) < 4.78 is 11.0. The Bertz CT molecular complexity index is 1010. The summed E-state index contributed by atoms with van der Waals surface area (Å²) in [5, 5.41) is 12.0. The molecule has 0 spiro atoms. The minimum absolute atomic E-state index is 0.0221. The molecule has 29 heavy (non-hydrogen) atoms. The molecule has 4 N–H and O–H groups in total. The number of primary amides is 1. The van der Waals surface area contributed by atoms with E-state index < -0.39 is 23.6 Å². The molecule has 0 unspecified atom stereocenters. The molecule has 0 aliphatic heterocycles. The van der Waals surface area contributed by atoms with Gasteiger partial charge in [0.25, 0.3) is 5.22 Å². The van der Waals surface area contributed by atoms with E-state index in [-0.39, 0.29) is 16.9 Å². The molecule has 0 fully saturated rings. The number of amides is 2. The van der Waals surface area contributed by atoms with Crippen LogP contribution in [0, 0.1) is 0 Å². The summed E-state index contributed by atoms with van der Waals surface area (Å²) in [7, 11) is 0. The zero-order valence-electron chi connectivity index (χ0n) is 16.4. The van der Waals surface area contributed by atoms with Crippen LogP contribution in [0.5, 0.6) is 0 Å². The molecule has 154 valence electrons. The van der Waals surface area contributed by atoms with Gasteiger partial charge in [-0.25, -0.2) is 4.79 Å². The molecule has 10 heteroatoms. The zero-order chi connectivity index (χ0) is 21.0. The second kappa shape index (κ2) is 8.56. The second-order valence-corrected chi connectivity index (χ2v) is 8.35. The molecule has 9 nitrogen and oxygen atoms in total. The number of hydrogen-bond acceptors (Lipinski definition) is 7. The lowest BCUT2D eigenvalue weighted by Crippen LogP contribution is -2.36. The van der Waals surface area contributed by atoms with E-state index >= 15 is 0 Å². The van der Waals surface area contributed by atoms with Crippen molar-refractivity contribution in [3.05, 3.63) is 41.9 Å². The summed E-state index contributed by atoms with van der Waals surface area (Å²) >= 11 is 1.04. The maximum atomic E-state index is 12.4. The number of hydrogen-bond donors (Lipinski definition) is 3. The average Bonchev–Trinajstić information content (AvgIpc) is 3.25. The molecule has 2 aromatic heterocycles. The van der Waals surface area contributed by atoms with Crippen LogP contribution in [0.15, 0.2) is 40.1 Å². The highest BCUT2D eigenvalue weighted by Gasteiger charge is 2.26. The molecule has 2 heterocycles. The van der Waals surface area contributed by atoms with Crippen LogP contribution >= 0.6 is 11.8 Å². The fourth-order valence-corrected chi connectivity index (χ4v) is 3.23. The predicted octanol–water partition coefficient (Wildman–Crippen LogP) is 2.94. The van der Waals surface area contributed by atoms with Gasteiger partial charge < -0.3 is 25.2 Å². The largest absolute Gasteiger partial charge is 0.444 e. The number of nitrogens with one attached hydrogen (secondary N) is 2. The average molecular weight is 417 g/mol. The minimum atomic E-state index is -0.646. The smallest absolute Gasteiger partial charge is 0.408 e. The van der Waals surface area contributed by atoms with Crippen molar-refractivity contribution in [3.8, 4) is 0 Å². The summed E-state index contributed by atoms with van der Waals surface area (Å²) in [4.78, 5) is 26.5. The van der Waals surface area contributed by atoms with Gasteiger partial charge in [0.15, 0.2) is 0 Å². The van der Waals surface area contributed by atoms with Gasteiger partial charge in [-0.05, 0) is 32.4 Å². The van der Waals surface area contributed by atoms with E-state index in [1.54, 1.807) is 20.8 Å². The quantitative estimate of drug-likeness (QED) is 0.503. The molecule has 3 rings (SSSR count). The first-order chi connectivity index (χ1) is 13.7. The Kier molecular flexibility index (Phi) is 6.12. The number of H-pyrrole nitrogens is 1. The molecule has 0 saturated carbocycles. The molecule has 0 aliphatic carbocycles. The van der Waals surface area contributed by atoms with Crippen molar-refractivity contribution in [1.29, 1.82) is 0 Å². The number of ether oxygens (including phenoxy) is 1. The van der Waals surface area contributed by atoms with Crippen LogP contribution in [0.3, 0.4) is 0 Å². The Balaban J connectivity index is 1.83. The van der Waals surface area contributed by atoms with Gasteiger partial charge in [0.1, 0.15) is 11.6 Å². The highest BCUT2D eigenvalue weighted by atomic mass is 32.2. The van der Waals surface area contributed by atoms with Crippen LogP contribution in [0.25, 0.3) is 10.9 Å². The summed E-state index contributed by atoms with van der Waals surface area (Å²) in [6.45, 7) is 5.35. The van der Waals surface area contributed by atoms with Gasteiger partial charge in [0, 0.05) is 23.5 Å². The van der Waals surface area contributed by atoms with Gasteiger partial charge in [0.05, 0.1) is 5.75 Å². The Morgan fingerprint density at radius 3 is 2.79 bits per heavy atom. The Morgan fingerprint density at radius 2 is 2.07 bits per heavy atom. The van der Waals surface area contributed by atoms with Gasteiger partial charge in [-0.1, -0.05) is 30.0 Å². The first-order valence-corrected chi connectivity index (χ1v) is 9.99. The van der Waals surface area contributed by atoms with E-state index in [1.807, 2.05) is 30.5 Å². The number of rotatable bonds is 7. The number of nitrogens with two attached hydrogens (primary N) is 1. The Labute approximate surface area is 171 Å². The van der Waals surface area contributed by atoms with Crippen molar-refractivity contribution in [2.24, 2.45) is 5.73 Å². The van der Waals surface area contributed by atoms with Gasteiger partial charge in [-0.3, -0.25) is 4.79 Å². The molecular weight excluding hydrogens is 394 g/mol. The molecule has 2 amide bonds. The molecule has 1 aromatic carbocycles. The Morgan fingerprint density at radius 1 is 1.31 bits per heavy atom. The second-order valence-electron chi connectivity index (χ2n) is 7.42. The lowest BCUT2D eigenvalue weighted by atomic mass is 10.1. The fraction of sp³-hybridized carbons (Fsp3) is 0.368. The van der Waals surface area contributed by atoms with Crippen molar-refractivity contribution >= 4 is 34.7 Å². The number of fused-ring (bicyclic) bond motifs is 1. The number of nitrogens with zero attached hydrogens (tertiary/aromatic N) is 2. The van der Waals surface area contributed by atoms with E-state index in [4.69, 9.17) is 14.9 Å². The third-order valence-corrected chi connectivity index (χ3v) is 4.69. The van der Waals surface area contributed by atoms with Gasteiger partial charge in [0.2, 0.25) is 11.8 Å². The van der Waals surface area contributed by atoms with Crippen LogP contribution in [0.2, 0.25) is 0 Å². The van der Waals surface area contributed by atoms with Crippen molar-refractivity contribution in [2.75, 3.05) is 5.75 Å². The van der Waals surface area contributed by atoms with Gasteiger partial charge >= 0.3 is 6.09 Å². The van der Waals surface area contributed by atoms with E-state index in [1.165, 1.54) is 0 Å². The van der Waals surface area contributed by atoms with Crippen LogP contribution in [-0.2, 0) is 16.0 Å². The minimum Gasteiger partial charge on any atom is -0.444 e. The lowest BCUT2D eigenvalue weighted by molar-refractivity contribution is -0.115. The van der Waals surface area contributed by atoms with Crippen molar-refractivity contribution in [2.45, 2.75) is 44.1 Å². The standard InChI is InChI=1S/C19H23N5O4S/c1-19(2,3)28-17(26)22-14(16-23-24-18(27-16)29-10-15(20)25)8-11-9-21-13-7-5-4-6-12(11)13/h4-7,9,14,21H,8,10H2,1-3H3,(H2,20,25)(H,22,26)/t14-/m1/s1. The lowest BCUT2D eigenvalue weighted by Gasteiger charge is -2.22. The molecule has 0 aliphatic rings. The van der Waals surface area contributed by atoms with Crippen LogP contribution in [0.4, 0.5) is 4.79 Å². The first kappa shape index (κ1) is 20.7. The molecule has 0 bridgehead atoms. The van der Waals surface area contributed by atoms with Gasteiger partial charge in [-0.2, -0.15) is 0 Å². The van der Waals surface area contributed by atoms with Crippen molar-refractivity contribution in [1.82, 2.24) is 20.5 Å². The number of carbonyl (C=O) groups excluding carboxylic acids is 2. The van der Waals surface area contributed by atoms with Crippen LogP contribution in [0.1, 0.15) is 38.3 Å². The number of thioether (sulfide) groups is 1. The molecular formula is C19H23N5O4S. The first-order valence-electron chi connectivity index (χ1n) is 9.00. The maximum absolute atomic E-state index is 12.4. The molecule has 0 radical (unpaired) electrons. The number of aromatic nitrogens is 3. The van der Waals surface area contributed by atoms with E-state index in [0.29, 0.717) is 6.42 Å². The van der Waals surface area contributed by atoms with E-state index in [9.17, 15) is 9.59 Å². The number of alkyl carbamates (subject to hydrolysis) is 1. The highest BCUT2D eigenvalue weighted by molar-refractivity contribution is 7.99. The number of para-hydroxylation sites is 1. The Hall–Kier alpha value is -3.01. The number of benzene rings is 1. The zero-order valence-corrected chi connectivity index (χ0v) is 17.2. The molecule has 0 saturated heterocycles. The summed E-state index contributed by atoms with van der Waals surface area (Å²) in [5.74, 6) is -0.251. The van der Waals surface area contributed by atoms with Crippen LogP contribution in [-0.4, -0.2) is 38.5 Å². The third kappa shape index (κ3) is 5.74. The van der Waals surface area contributed by atoms with Crippen molar-refractivity contribution < 1.29 is 18.7 Å².